The summed E-state index contributed by atoms with van der Waals surface area (Å²) in [7, 11) is 0. The molecule has 4 heterocycles. The second-order valence-electron chi connectivity index (χ2n) is 16.4. The highest BCUT2D eigenvalue weighted by Crippen LogP contribution is 2.52. The molecule has 4 saturated heterocycles. The quantitative estimate of drug-likeness (QED) is 0.427. The van der Waals surface area contributed by atoms with Crippen molar-refractivity contribution in [1.82, 2.24) is 19.6 Å². The highest BCUT2D eigenvalue weighted by Gasteiger charge is 2.49. The Morgan fingerprint density at radius 3 is 1.11 bits per heavy atom. The first-order valence-electron chi connectivity index (χ1n) is 17.3. The van der Waals surface area contributed by atoms with Gasteiger partial charge in [0.1, 0.15) is 11.2 Å². The van der Waals surface area contributed by atoms with E-state index in [0.29, 0.717) is 10.8 Å². The molecule has 10 heteroatoms. The molecule has 0 radical (unpaired) electrons. The van der Waals surface area contributed by atoms with E-state index in [1.165, 1.54) is 25.7 Å². The predicted octanol–water partition coefficient (Wildman–Crippen LogP) is 5.00. The van der Waals surface area contributed by atoms with Crippen molar-refractivity contribution in [3.8, 4) is 0 Å². The number of hydrogen-bond donors (Lipinski definition) is 0. The minimum Gasteiger partial charge on any atom is -0.444 e. The Kier molecular flexibility index (Phi) is 10.4. The number of likely N-dealkylation sites (tertiary alicyclic amines) is 2. The summed E-state index contributed by atoms with van der Waals surface area (Å²) in [6, 6.07) is 1.49. The molecule has 6 fully saturated rings. The van der Waals surface area contributed by atoms with Crippen LogP contribution in [0.4, 0.5) is 9.59 Å². The Bertz CT molecular complexity index is 871. The van der Waals surface area contributed by atoms with Crippen LogP contribution in [0, 0.1) is 10.8 Å². The van der Waals surface area contributed by atoms with Gasteiger partial charge in [0, 0.05) is 64.4 Å². The zero-order valence-corrected chi connectivity index (χ0v) is 28.5. The third kappa shape index (κ3) is 8.80. The van der Waals surface area contributed by atoms with Gasteiger partial charge in [-0.15, -0.1) is 0 Å². The maximum absolute atomic E-state index is 12.1. The van der Waals surface area contributed by atoms with Gasteiger partial charge in [0.2, 0.25) is 0 Å². The lowest BCUT2D eigenvalue weighted by Crippen LogP contribution is -2.57. The second-order valence-corrected chi connectivity index (χ2v) is 16.4. The Balaban J connectivity index is 0.000000175. The van der Waals surface area contributed by atoms with E-state index >= 15 is 0 Å². The van der Waals surface area contributed by atoms with Crippen LogP contribution in [0.1, 0.15) is 92.9 Å². The molecule has 0 aromatic carbocycles. The van der Waals surface area contributed by atoms with Crippen molar-refractivity contribution in [2.45, 2.75) is 116 Å². The van der Waals surface area contributed by atoms with Crippen LogP contribution in [-0.4, -0.2) is 134 Å². The van der Waals surface area contributed by atoms with E-state index in [1.807, 2.05) is 51.3 Å². The van der Waals surface area contributed by atoms with Crippen LogP contribution >= 0.6 is 0 Å². The molecule has 4 aliphatic heterocycles. The lowest BCUT2D eigenvalue weighted by atomic mass is 9.60. The Morgan fingerprint density at radius 1 is 0.545 bits per heavy atom. The van der Waals surface area contributed by atoms with Crippen LogP contribution in [0.25, 0.3) is 0 Å². The zero-order valence-electron chi connectivity index (χ0n) is 28.5. The highest BCUT2D eigenvalue weighted by atomic mass is 16.6. The molecule has 2 saturated carbocycles. The Morgan fingerprint density at radius 2 is 0.841 bits per heavy atom. The number of carbonyl (C=O) groups is 2. The van der Waals surface area contributed by atoms with Gasteiger partial charge in [-0.1, -0.05) is 0 Å². The number of ether oxygens (including phenoxy) is 4. The number of carbonyl (C=O) groups excluding carboxylic acids is 2. The van der Waals surface area contributed by atoms with Gasteiger partial charge in [-0.05, 0) is 104 Å². The molecule has 2 amide bonds. The molecule has 6 aliphatic rings. The molecule has 2 aliphatic carbocycles. The van der Waals surface area contributed by atoms with Gasteiger partial charge in [0.05, 0.1) is 26.4 Å². The summed E-state index contributed by atoms with van der Waals surface area (Å²) in [5.41, 5.74) is 0.178. The largest absolute Gasteiger partial charge is 0.444 e. The molecule has 10 nitrogen and oxygen atoms in total. The molecule has 0 unspecified atom stereocenters. The van der Waals surface area contributed by atoms with Crippen LogP contribution in [0.2, 0.25) is 0 Å². The number of piperidine rings is 2. The molecule has 0 aromatic rings. The minimum absolute atomic E-state index is 0.147. The van der Waals surface area contributed by atoms with Gasteiger partial charge >= 0.3 is 12.2 Å². The molecule has 0 aromatic heterocycles. The summed E-state index contributed by atoms with van der Waals surface area (Å²) in [5.74, 6) is 0. The van der Waals surface area contributed by atoms with E-state index < -0.39 is 11.2 Å². The van der Waals surface area contributed by atoms with E-state index in [9.17, 15) is 9.59 Å². The normalized spacial score (nSPS) is 26.8. The Labute approximate surface area is 266 Å². The van der Waals surface area contributed by atoms with Crippen molar-refractivity contribution in [2.75, 3.05) is 78.8 Å². The molecular formula is C34H60N4O6. The van der Waals surface area contributed by atoms with E-state index in [2.05, 4.69) is 9.80 Å². The average molecular weight is 621 g/mol. The molecular weight excluding hydrogens is 560 g/mol. The molecule has 0 N–H and O–H groups in total. The summed E-state index contributed by atoms with van der Waals surface area (Å²) >= 11 is 0. The van der Waals surface area contributed by atoms with Crippen molar-refractivity contribution in [3.63, 3.8) is 0 Å². The lowest BCUT2D eigenvalue weighted by molar-refractivity contribution is -0.0744. The molecule has 2 spiro atoms. The third-order valence-electron chi connectivity index (χ3n) is 10.8. The van der Waals surface area contributed by atoms with Crippen LogP contribution < -0.4 is 0 Å². The van der Waals surface area contributed by atoms with E-state index in [1.54, 1.807) is 0 Å². The topological polar surface area (TPSA) is 84.0 Å². The zero-order chi connectivity index (χ0) is 31.6. The number of amides is 2. The smallest absolute Gasteiger partial charge is 0.410 e. The number of nitrogens with zero attached hydrogens (tertiary/aromatic N) is 4. The van der Waals surface area contributed by atoms with Crippen molar-refractivity contribution in [2.24, 2.45) is 10.8 Å². The number of rotatable bonds is 2. The van der Waals surface area contributed by atoms with E-state index in [4.69, 9.17) is 18.9 Å². The van der Waals surface area contributed by atoms with E-state index in [-0.39, 0.29) is 12.2 Å². The summed E-state index contributed by atoms with van der Waals surface area (Å²) in [4.78, 5) is 33.2. The molecule has 0 atom stereocenters. The summed E-state index contributed by atoms with van der Waals surface area (Å²) < 4.78 is 21.8. The summed E-state index contributed by atoms with van der Waals surface area (Å²) in [6.45, 7) is 22.9. The van der Waals surface area contributed by atoms with Crippen molar-refractivity contribution in [1.29, 1.82) is 0 Å². The van der Waals surface area contributed by atoms with Crippen LogP contribution in [0.3, 0.4) is 0 Å². The molecule has 44 heavy (non-hydrogen) atoms. The number of morpholine rings is 2. The standard InChI is InChI=1S/2C17H30N2O3/c2*1-16(2,3)22-15(20)19-6-4-17(5-7-19)12-14(13-17)18-8-10-21-11-9-18/h2*14H,4-13H2,1-3H3. The summed E-state index contributed by atoms with van der Waals surface area (Å²) in [5, 5.41) is 0. The van der Waals surface area contributed by atoms with Gasteiger partial charge in [-0.3, -0.25) is 9.80 Å². The predicted molar refractivity (Wildman–Crippen MR) is 170 cm³/mol. The second kappa shape index (κ2) is 13.6. The van der Waals surface area contributed by atoms with Gasteiger partial charge in [-0.25, -0.2) is 9.59 Å². The van der Waals surface area contributed by atoms with Gasteiger partial charge < -0.3 is 28.7 Å². The first-order valence-corrected chi connectivity index (χ1v) is 17.3. The van der Waals surface area contributed by atoms with E-state index in [0.717, 1.165) is 117 Å². The monoisotopic (exact) mass is 620 g/mol. The maximum Gasteiger partial charge on any atom is 0.410 e. The molecule has 0 bridgehead atoms. The van der Waals surface area contributed by atoms with Crippen LogP contribution in [0.15, 0.2) is 0 Å². The van der Waals surface area contributed by atoms with Crippen molar-refractivity contribution in [3.05, 3.63) is 0 Å². The highest BCUT2D eigenvalue weighted by molar-refractivity contribution is 5.68. The van der Waals surface area contributed by atoms with Gasteiger partial charge in [0.25, 0.3) is 0 Å². The fraction of sp³-hybridized carbons (Fsp3) is 0.941. The van der Waals surface area contributed by atoms with Crippen molar-refractivity contribution >= 4 is 12.2 Å². The number of hydrogen-bond acceptors (Lipinski definition) is 8. The fourth-order valence-corrected chi connectivity index (χ4v) is 8.08. The minimum atomic E-state index is -0.399. The molecule has 252 valence electrons. The SMILES string of the molecule is CC(C)(C)OC(=O)N1CCC2(CC1)CC(N1CCOCC1)C2.CC(C)(C)OC(=O)N1CCC2(CC1)CC(N1CCOCC1)C2. The van der Waals surface area contributed by atoms with Crippen LogP contribution in [-0.2, 0) is 18.9 Å². The summed E-state index contributed by atoms with van der Waals surface area (Å²) in [6.07, 6.45) is 9.44. The fourth-order valence-electron chi connectivity index (χ4n) is 8.08. The maximum atomic E-state index is 12.1. The first-order chi connectivity index (χ1) is 20.7. The third-order valence-corrected chi connectivity index (χ3v) is 10.8. The van der Waals surface area contributed by atoms with Gasteiger partial charge in [0.15, 0.2) is 0 Å². The average Bonchev–Trinajstić information content (AvgIpc) is 2.94. The van der Waals surface area contributed by atoms with Crippen molar-refractivity contribution < 1.29 is 28.5 Å². The Hall–Kier alpha value is -1.62. The van der Waals surface area contributed by atoms with Crippen LogP contribution in [0.5, 0.6) is 0 Å². The molecule has 6 rings (SSSR count). The lowest BCUT2D eigenvalue weighted by Gasteiger charge is -2.55. The van der Waals surface area contributed by atoms with Gasteiger partial charge in [-0.2, -0.15) is 0 Å². The first kappa shape index (κ1) is 33.7.